The van der Waals surface area contributed by atoms with Crippen LogP contribution in [-0.2, 0) is 16.0 Å². The van der Waals surface area contributed by atoms with Gasteiger partial charge in [-0.15, -0.1) is 0 Å². The molecule has 1 aromatic carbocycles. The number of halogens is 2. The molecule has 0 spiro atoms. The van der Waals surface area contributed by atoms with E-state index < -0.39 is 23.6 Å². The molecule has 0 saturated heterocycles. The molecular weight excluding hydrogens is 256 g/mol. The van der Waals surface area contributed by atoms with E-state index in [1.807, 2.05) is 0 Å². The van der Waals surface area contributed by atoms with Crippen molar-refractivity contribution < 1.29 is 23.4 Å². The first kappa shape index (κ1) is 15.5. The molecule has 0 fully saturated rings. The highest BCUT2D eigenvalue weighted by molar-refractivity contribution is 5.78. The molecule has 0 aliphatic carbocycles. The Hall–Kier alpha value is -1.53. The minimum atomic E-state index is -0.829. The topological polar surface area (TPSA) is 49.8 Å². The number of benzene rings is 1. The number of ether oxygens (including phenoxy) is 1. The largest absolute Gasteiger partial charge is 0.389 e. The van der Waals surface area contributed by atoms with E-state index in [0.717, 1.165) is 12.1 Å². The Bertz CT molecular complexity index is 420. The molecule has 0 bridgehead atoms. The lowest BCUT2D eigenvalue weighted by Crippen LogP contribution is -2.37. The van der Waals surface area contributed by atoms with Crippen LogP contribution in [0.15, 0.2) is 18.2 Å². The molecule has 0 aromatic heterocycles. The average molecular weight is 273 g/mol. The number of aliphatic hydroxyl groups excluding tert-OH is 1. The summed E-state index contributed by atoms with van der Waals surface area (Å²) in [6, 6.07) is 3.45. The highest BCUT2D eigenvalue weighted by atomic mass is 19.1. The molecule has 1 N–H and O–H groups in total. The summed E-state index contributed by atoms with van der Waals surface area (Å²) < 4.78 is 31.5. The van der Waals surface area contributed by atoms with E-state index in [0.29, 0.717) is 0 Å². The molecular formula is C13H17F2NO3. The monoisotopic (exact) mass is 273 g/mol. The second-order valence-electron chi connectivity index (χ2n) is 4.26. The second-order valence-corrected chi connectivity index (χ2v) is 4.26. The minimum Gasteiger partial charge on any atom is -0.389 e. The maximum atomic E-state index is 13.4. The Kier molecular flexibility index (Phi) is 5.85. The SMILES string of the molecule is COCC(O)CN(C)C(=O)Cc1c(F)cccc1F. The number of methoxy groups -OCH3 is 1. The Balaban J connectivity index is 2.64. The summed E-state index contributed by atoms with van der Waals surface area (Å²) in [6.07, 6.45) is -1.21. The van der Waals surface area contributed by atoms with E-state index in [-0.39, 0.29) is 25.1 Å². The Morgan fingerprint density at radius 1 is 1.42 bits per heavy atom. The van der Waals surface area contributed by atoms with Crippen molar-refractivity contribution >= 4 is 5.91 Å². The first-order valence-electron chi connectivity index (χ1n) is 5.79. The van der Waals surface area contributed by atoms with Crippen LogP contribution in [0.25, 0.3) is 0 Å². The Labute approximate surface area is 110 Å². The predicted molar refractivity (Wildman–Crippen MR) is 65.6 cm³/mol. The van der Waals surface area contributed by atoms with Gasteiger partial charge in [0.25, 0.3) is 0 Å². The summed E-state index contributed by atoms with van der Waals surface area (Å²) in [5, 5.41) is 9.48. The van der Waals surface area contributed by atoms with E-state index in [2.05, 4.69) is 0 Å². The predicted octanol–water partition coefficient (Wildman–Crippen LogP) is 0.973. The Morgan fingerprint density at radius 3 is 2.53 bits per heavy atom. The third-order valence-electron chi connectivity index (χ3n) is 2.66. The summed E-state index contributed by atoms with van der Waals surface area (Å²) >= 11 is 0. The fourth-order valence-corrected chi connectivity index (χ4v) is 1.65. The van der Waals surface area contributed by atoms with Crippen molar-refractivity contribution in [2.75, 3.05) is 27.3 Å². The molecule has 0 aliphatic heterocycles. The zero-order valence-corrected chi connectivity index (χ0v) is 10.9. The van der Waals surface area contributed by atoms with Gasteiger partial charge in [-0.25, -0.2) is 8.78 Å². The van der Waals surface area contributed by atoms with Gasteiger partial charge in [-0.3, -0.25) is 4.79 Å². The minimum absolute atomic E-state index is 0.0444. The fourth-order valence-electron chi connectivity index (χ4n) is 1.65. The third-order valence-corrected chi connectivity index (χ3v) is 2.66. The van der Waals surface area contributed by atoms with E-state index in [1.54, 1.807) is 0 Å². The van der Waals surface area contributed by atoms with Crippen LogP contribution in [0.1, 0.15) is 5.56 Å². The van der Waals surface area contributed by atoms with Crippen molar-refractivity contribution in [3.8, 4) is 0 Å². The van der Waals surface area contributed by atoms with Crippen LogP contribution < -0.4 is 0 Å². The molecule has 1 aromatic rings. The maximum Gasteiger partial charge on any atom is 0.227 e. The number of carbonyl (C=O) groups is 1. The summed E-state index contributed by atoms with van der Waals surface area (Å²) in [5.41, 5.74) is -0.263. The van der Waals surface area contributed by atoms with Gasteiger partial charge in [-0.05, 0) is 12.1 Å². The smallest absolute Gasteiger partial charge is 0.227 e. The molecule has 0 saturated carbocycles. The number of likely N-dealkylation sites (N-methyl/N-ethyl adjacent to an activating group) is 1. The zero-order chi connectivity index (χ0) is 14.4. The van der Waals surface area contributed by atoms with Gasteiger partial charge in [0.2, 0.25) is 5.91 Å². The van der Waals surface area contributed by atoms with Gasteiger partial charge in [0, 0.05) is 26.3 Å². The number of carbonyl (C=O) groups excluding carboxylic acids is 1. The van der Waals surface area contributed by atoms with E-state index >= 15 is 0 Å². The number of amides is 1. The van der Waals surface area contributed by atoms with Crippen LogP contribution in [0.5, 0.6) is 0 Å². The first-order chi connectivity index (χ1) is 8.95. The van der Waals surface area contributed by atoms with Crippen LogP contribution in [0.3, 0.4) is 0 Å². The molecule has 19 heavy (non-hydrogen) atoms. The van der Waals surface area contributed by atoms with Gasteiger partial charge in [0.15, 0.2) is 0 Å². The van der Waals surface area contributed by atoms with Gasteiger partial charge in [-0.1, -0.05) is 6.07 Å². The van der Waals surface area contributed by atoms with Crippen molar-refractivity contribution in [1.29, 1.82) is 0 Å². The standard InChI is InChI=1S/C13H17F2NO3/c1-16(7-9(17)8-19-2)13(18)6-10-11(14)4-3-5-12(10)15/h3-5,9,17H,6-8H2,1-2H3. The number of hydrogen-bond acceptors (Lipinski definition) is 3. The summed E-state index contributed by atoms with van der Waals surface area (Å²) in [6.45, 7) is 0.133. The van der Waals surface area contributed by atoms with Crippen LogP contribution in [0.4, 0.5) is 8.78 Å². The summed E-state index contributed by atoms with van der Waals surface area (Å²) in [5.74, 6) is -1.97. The van der Waals surface area contributed by atoms with Crippen LogP contribution in [-0.4, -0.2) is 49.3 Å². The van der Waals surface area contributed by atoms with Gasteiger partial charge < -0.3 is 14.7 Å². The van der Waals surface area contributed by atoms with Crippen molar-refractivity contribution in [3.05, 3.63) is 35.4 Å². The zero-order valence-electron chi connectivity index (χ0n) is 10.9. The molecule has 1 amide bonds. The quantitative estimate of drug-likeness (QED) is 0.840. The molecule has 4 nitrogen and oxygen atoms in total. The number of aliphatic hydroxyl groups is 1. The highest BCUT2D eigenvalue weighted by Gasteiger charge is 2.18. The van der Waals surface area contributed by atoms with Gasteiger partial charge >= 0.3 is 0 Å². The second kappa shape index (κ2) is 7.16. The lowest BCUT2D eigenvalue weighted by atomic mass is 10.1. The van der Waals surface area contributed by atoms with Crippen LogP contribution >= 0.6 is 0 Å². The molecule has 6 heteroatoms. The Morgan fingerprint density at radius 2 is 2.00 bits per heavy atom. The molecule has 1 unspecified atom stereocenters. The highest BCUT2D eigenvalue weighted by Crippen LogP contribution is 2.13. The van der Waals surface area contributed by atoms with Crippen molar-refractivity contribution in [2.24, 2.45) is 0 Å². The van der Waals surface area contributed by atoms with Gasteiger partial charge in [-0.2, -0.15) is 0 Å². The molecule has 0 heterocycles. The molecule has 1 atom stereocenters. The van der Waals surface area contributed by atoms with Crippen molar-refractivity contribution in [3.63, 3.8) is 0 Å². The molecule has 0 aliphatic rings. The van der Waals surface area contributed by atoms with Crippen molar-refractivity contribution in [1.82, 2.24) is 4.90 Å². The normalized spacial score (nSPS) is 12.3. The van der Waals surface area contributed by atoms with E-state index in [1.165, 1.54) is 25.1 Å². The van der Waals surface area contributed by atoms with Gasteiger partial charge in [0.1, 0.15) is 11.6 Å². The molecule has 1 rings (SSSR count). The van der Waals surface area contributed by atoms with Crippen LogP contribution in [0.2, 0.25) is 0 Å². The van der Waals surface area contributed by atoms with E-state index in [4.69, 9.17) is 4.74 Å². The van der Waals surface area contributed by atoms with Crippen LogP contribution in [0, 0.1) is 11.6 Å². The summed E-state index contributed by atoms with van der Waals surface area (Å²) in [7, 11) is 2.89. The lowest BCUT2D eigenvalue weighted by Gasteiger charge is -2.20. The lowest BCUT2D eigenvalue weighted by molar-refractivity contribution is -0.131. The molecule has 106 valence electrons. The number of nitrogens with zero attached hydrogens (tertiary/aromatic N) is 1. The number of hydrogen-bond donors (Lipinski definition) is 1. The average Bonchev–Trinajstić information content (AvgIpc) is 2.34. The maximum absolute atomic E-state index is 13.4. The first-order valence-corrected chi connectivity index (χ1v) is 5.79. The molecule has 0 radical (unpaired) electrons. The number of rotatable bonds is 6. The summed E-state index contributed by atoms with van der Waals surface area (Å²) in [4.78, 5) is 13.0. The van der Waals surface area contributed by atoms with Crippen molar-refractivity contribution in [2.45, 2.75) is 12.5 Å². The van der Waals surface area contributed by atoms with E-state index in [9.17, 15) is 18.7 Å². The third kappa shape index (κ3) is 4.57. The van der Waals surface area contributed by atoms with Gasteiger partial charge in [0.05, 0.1) is 19.1 Å². The fraction of sp³-hybridized carbons (Fsp3) is 0.462.